The van der Waals surface area contributed by atoms with Crippen LogP contribution in [-0.4, -0.2) is 35.8 Å². The average molecular weight is 419 g/mol. The number of benzene rings is 1. The first-order valence-corrected chi connectivity index (χ1v) is 11.0. The van der Waals surface area contributed by atoms with Crippen LogP contribution in [0.25, 0.3) is 5.65 Å². The van der Waals surface area contributed by atoms with Crippen molar-refractivity contribution in [3.63, 3.8) is 0 Å². The molecule has 1 aliphatic carbocycles. The number of carbonyl (C=O) groups is 1. The van der Waals surface area contributed by atoms with Gasteiger partial charge < -0.3 is 14.3 Å². The fourth-order valence-electron chi connectivity index (χ4n) is 3.41. The minimum Gasteiger partial charge on any atom is -0.350 e. The summed E-state index contributed by atoms with van der Waals surface area (Å²) in [7, 11) is 0. The maximum absolute atomic E-state index is 12.4. The van der Waals surface area contributed by atoms with Gasteiger partial charge in [0.1, 0.15) is 11.5 Å². The molecule has 0 atom stereocenters. The number of fused-ring (bicyclic) bond motifs is 1. The summed E-state index contributed by atoms with van der Waals surface area (Å²) in [5.41, 5.74) is 2.91. The Morgan fingerprint density at radius 3 is 2.73 bits per heavy atom. The van der Waals surface area contributed by atoms with E-state index in [0.717, 1.165) is 41.7 Å². The molecule has 4 aromatic rings. The molecule has 1 fully saturated rings. The highest BCUT2D eigenvalue weighted by molar-refractivity contribution is 7.99. The molecule has 0 bridgehead atoms. The maximum Gasteiger partial charge on any atom is 0.230 e. The van der Waals surface area contributed by atoms with E-state index in [2.05, 4.69) is 37.2 Å². The van der Waals surface area contributed by atoms with Crippen molar-refractivity contribution >= 4 is 23.3 Å². The Balaban J connectivity index is 1.21. The minimum absolute atomic E-state index is 0.0423. The van der Waals surface area contributed by atoms with Gasteiger partial charge in [-0.15, -0.1) is 10.2 Å². The summed E-state index contributed by atoms with van der Waals surface area (Å²) in [4.78, 5) is 16.9. The minimum atomic E-state index is -0.0423. The van der Waals surface area contributed by atoms with Gasteiger partial charge in [0.25, 0.3) is 0 Å². The van der Waals surface area contributed by atoms with Gasteiger partial charge in [0, 0.05) is 18.3 Å². The van der Waals surface area contributed by atoms with Crippen LogP contribution in [0.2, 0.25) is 0 Å². The predicted octanol–water partition coefficient (Wildman–Crippen LogP) is 3.26. The molecule has 0 aliphatic heterocycles. The van der Waals surface area contributed by atoms with Crippen LogP contribution in [0.4, 0.5) is 0 Å². The Hall–Kier alpha value is -3.13. The summed E-state index contributed by atoms with van der Waals surface area (Å²) in [6.07, 6.45) is 6.20. The first-order valence-electron chi connectivity index (χ1n) is 10.1. The third kappa shape index (κ3) is 4.23. The van der Waals surface area contributed by atoms with Crippen LogP contribution in [0.3, 0.4) is 0 Å². The van der Waals surface area contributed by atoms with Crippen molar-refractivity contribution < 1.29 is 4.79 Å². The molecule has 0 saturated heterocycles. The molecule has 30 heavy (non-hydrogen) atoms. The first-order chi connectivity index (χ1) is 14.8. The van der Waals surface area contributed by atoms with Crippen molar-refractivity contribution in [3.8, 4) is 0 Å². The zero-order chi connectivity index (χ0) is 20.3. The van der Waals surface area contributed by atoms with Crippen LogP contribution in [0.1, 0.15) is 35.8 Å². The highest BCUT2D eigenvalue weighted by Crippen LogP contribution is 2.40. The van der Waals surface area contributed by atoms with Gasteiger partial charge in [-0.1, -0.05) is 48.2 Å². The van der Waals surface area contributed by atoms with Crippen molar-refractivity contribution in [3.05, 3.63) is 78.0 Å². The summed E-state index contributed by atoms with van der Waals surface area (Å²) >= 11 is 1.43. The molecule has 1 amide bonds. The predicted molar refractivity (Wildman–Crippen MR) is 115 cm³/mol. The number of amides is 1. The van der Waals surface area contributed by atoms with Gasteiger partial charge in [-0.05, 0) is 30.5 Å². The van der Waals surface area contributed by atoms with Crippen LogP contribution < -0.4 is 5.32 Å². The molecule has 1 aliphatic rings. The average Bonchev–Trinajstić information content (AvgIpc) is 3.40. The lowest BCUT2D eigenvalue weighted by Gasteiger charge is -2.10. The smallest absolute Gasteiger partial charge is 0.230 e. The SMILES string of the molecule is O=C(CSc1nnc(C2CC2)n1Cc1ccccc1)NCc1cn2ccccc2n1. The fraction of sp³-hybridized carbons (Fsp3) is 0.273. The quantitative estimate of drug-likeness (QED) is 0.445. The van der Waals surface area contributed by atoms with Gasteiger partial charge in [-0.25, -0.2) is 4.98 Å². The number of aromatic nitrogens is 5. The van der Waals surface area contributed by atoms with E-state index in [-0.39, 0.29) is 5.91 Å². The second-order valence-corrected chi connectivity index (χ2v) is 8.39. The molecule has 152 valence electrons. The molecule has 0 radical (unpaired) electrons. The van der Waals surface area contributed by atoms with E-state index >= 15 is 0 Å². The lowest BCUT2D eigenvalue weighted by atomic mass is 10.2. The molecular formula is C22H22N6OS. The molecule has 5 rings (SSSR count). The maximum atomic E-state index is 12.4. The van der Waals surface area contributed by atoms with Gasteiger partial charge in [0.15, 0.2) is 5.16 Å². The van der Waals surface area contributed by atoms with Crippen LogP contribution in [0.15, 0.2) is 66.1 Å². The molecule has 0 spiro atoms. The van der Waals surface area contributed by atoms with Crippen LogP contribution in [-0.2, 0) is 17.9 Å². The van der Waals surface area contributed by atoms with Crippen molar-refractivity contribution in [1.82, 2.24) is 29.5 Å². The Morgan fingerprint density at radius 1 is 1.10 bits per heavy atom. The number of nitrogens with one attached hydrogen (secondary N) is 1. The highest BCUT2D eigenvalue weighted by Gasteiger charge is 2.30. The number of carbonyl (C=O) groups excluding carboxylic acids is 1. The lowest BCUT2D eigenvalue weighted by molar-refractivity contribution is -0.118. The summed E-state index contributed by atoms with van der Waals surface area (Å²) in [5.74, 6) is 1.79. The van der Waals surface area contributed by atoms with E-state index in [0.29, 0.717) is 18.2 Å². The zero-order valence-electron chi connectivity index (χ0n) is 16.4. The number of thioether (sulfide) groups is 1. The zero-order valence-corrected chi connectivity index (χ0v) is 17.3. The number of hydrogen-bond acceptors (Lipinski definition) is 5. The summed E-state index contributed by atoms with van der Waals surface area (Å²) in [5, 5.41) is 12.5. The topological polar surface area (TPSA) is 77.1 Å². The monoisotopic (exact) mass is 418 g/mol. The summed E-state index contributed by atoms with van der Waals surface area (Å²) in [6, 6.07) is 16.1. The molecule has 1 N–H and O–H groups in total. The molecular weight excluding hydrogens is 396 g/mol. The molecule has 3 aromatic heterocycles. The Morgan fingerprint density at radius 2 is 1.93 bits per heavy atom. The molecule has 1 saturated carbocycles. The van der Waals surface area contributed by atoms with Crippen molar-refractivity contribution in [2.24, 2.45) is 0 Å². The standard InChI is InChI=1S/C22H22N6OS/c29-20(23-12-18-14-27-11-5-4-8-19(27)24-18)15-30-22-26-25-21(17-9-10-17)28(22)13-16-6-2-1-3-7-16/h1-8,11,14,17H,9-10,12-13,15H2,(H,23,29). The summed E-state index contributed by atoms with van der Waals surface area (Å²) in [6.45, 7) is 1.13. The van der Waals surface area contributed by atoms with Gasteiger partial charge in [0.05, 0.1) is 24.5 Å². The Labute approximate surface area is 178 Å². The second-order valence-electron chi connectivity index (χ2n) is 7.45. The third-order valence-electron chi connectivity index (χ3n) is 5.08. The van der Waals surface area contributed by atoms with Crippen LogP contribution in [0, 0.1) is 0 Å². The van der Waals surface area contributed by atoms with Crippen molar-refractivity contribution in [1.29, 1.82) is 0 Å². The van der Waals surface area contributed by atoms with E-state index in [4.69, 9.17) is 0 Å². The normalized spacial score (nSPS) is 13.6. The Bertz CT molecular complexity index is 1130. The number of nitrogens with zero attached hydrogens (tertiary/aromatic N) is 5. The number of hydrogen-bond donors (Lipinski definition) is 1. The lowest BCUT2D eigenvalue weighted by Crippen LogP contribution is -2.25. The van der Waals surface area contributed by atoms with E-state index in [9.17, 15) is 4.79 Å². The van der Waals surface area contributed by atoms with Gasteiger partial charge >= 0.3 is 0 Å². The molecule has 8 heteroatoms. The third-order valence-corrected chi connectivity index (χ3v) is 6.05. The molecule has 3 heterocycles. The van der Waals surface area contributed by atoms with Crippen LogP contribution in [0.5, 0.6) is 0 Å². The highest BCUT2D eigenvalue weighted by atomic mass is 32.2. The second kappa shape index (κ2) is 8.31. The van der Waals surface area contributed by atoms with E-state index < -0.39 is 0 Å². The van der Waals surface area contributed by atoms with Crippen molar-refractivity contribution in [2.45, 2.75) is 37.0 Å². The van der Waals surface area contributed by atoms with Gasteiger partial charge in [0.2, 0.25) is 5.91 Å². The molecule has 7 nitrogen and oxygen atoms in total. The first kappa shape index (κ1) is 18.9. The van der Waals surface area contributed by atoms with E-state index in [1.165, 1.54) is 17.3 Å². The van der Waals surface area contributed by atoms with Gasteiger partial charge in [-0.3, -0.25) is 4.79 Å². The van der Waals surface area contributed by atoms with Crippen molar-refractivity contribution in [2.75, 3.05) is 5.75 Å². The largest absolute Gasteiger partial charge is 0.350 e. The number of rotatable bonds is 8. The van der Waals surface area contributed by atoms with E-state index in [1.807, 2.05) is 53.2 Å². The molecule has 0 unspecified atom stereocenters. The summed E-state index contributed by atoms with van der Waals surface area (Å²) < 4.78 is 4.11. The van der Waals surface area contributed by atoms with E-state index in [1.54, 1.807) is 0 Å². The number of imidazole rings is 1. The fourth-order valence-corrected chi connectivity index (χ4v) is 4.18. The van der Waals surface area contributed by atoms with Crippen LogP contribution >= 0.6 is 11.8 Å². The number of pyridine rings is 1. The Kier molecular flexibility index (Phi) is 5.23. The molecule has 1 aromatic carbocycles. The van der Waals surface area contributed by atoms with Gasteiger partial charge in [-0.2, -0.15) is 0 Å².